The van der Waals surface area contributed by atoms with Crippen LogP contribution in [0.25, 0.3) is 6.08 Å². The van der Waals surface area contributed by atoms with Gasteiger partial charge in [-0.1, -0.05) is 38.3 Å². The number of sulfonamides is 1. The summed E-state index contributed by atoms with van der Waals surface area (Å²) in [4.78, 5) is 12.2. The van der Waals surface area contributed by atoms with Gasteiger partial charge in [-0.3, -0.25) is 4.79 Å². The summed E-state index contributed by atoms with van der Waals surface area (Å²) < 4.78 is 32.3. The molecule has 7 heteroatoms. The number of amides is 1. The van der Waals surface area contributed by atoms with E-state index in [1.165, 1.54) is 18.2 Å². The number of hydrogen-bond acceptors (Lipinski definition) is 4. The summed E-state index contributed by atoms with van der Waals surface area (Å²) in [5.41, 5.74) is 1.39. The highest BCUT2D eigenvalue weighted by Gasteiger charge is 2.13. The Morgan fingerprint density at radius 1 is 1.00 bits per heavy atom. The van der Waals surface area contributed by atoms with Crippen LogP contribution < -0.4 is 14.8 Å². The molecule has 0 saturated heterocycles. The minimum Gasteiger partial charge on any atom is -0.497 e. The summed E-state index contributed by atoms with van der Waals surface area (Å²) >= 11 is 0. The van der Waals surface area contributed by atoms with E-state index in [1.54, 1.807) is 25.3 Å². The number of hydrogen-bond donors (Lipinski definition) is 2. The maximum Gasteiger partial charge on any atom is 0.248 e. The standard InChI is InChI=1S/C22H28N2O4S/c1-3-4-5-6-17-23-29(26,27)21-14-10-19(11-15-21)24-22(25)16-9-18-7-12-20(28-2)13-8-18/h7-16,23H,3-6,17H2,1-2H3,(H,24,25)/b16-9+. The van der Waals surface area contributed by atoms with E-state index >= 15 is 0 Å². The first-order valence-electron chi connectivity index (χ1n) is 9.67. The topological polar surface area (TPSA) is 84.5 Å². The number of unbranched alkanes of at least 4 members (excludes halogenated alkanes) is 3. The minimum absolute atomic E-state index is 0.180. The van der Waals surface area contributed by atoms with Gasteiger partial charge in [0.1, 0.15) is 5.75 Å². The number of anilines is 1. The van der Waals surface area contributed by atoms with Gasteiger partial charge in [-0.15, -0.1) is 0 Å². The van der Waals surface area contributed by atoms with Crippen LogP contribution in [-0.2, 0) is 14.8 Å². The highest BCUT2D eigenvalue weighted by molar-refractivity contribution is 7.89. The van der Waals surface area contributed by atoms with Crippen LogP contribution in [0.1, 0.15) is 38.2 Å². The normalized spacial score (nSPS) is 11.5. The highest BCUT2D eigenvalue weighted by atomic mass is 32.2. The molecule has 1 amide bonds. The summed E-state index contributed by atoms with van der Waals surface area (Å²) in [5.74, 6) is 0.447. The van der Waals surface area contributed by atoms with Crippen LogP contribution in [0.15, 0.2) is 59.5 Å². The average molecular weight is 417 g/mol. The number of carbonyl (C=O) groups is 1. The predicted octanol–water partition coefficient (Wildman–Crippen LogP) is 4.21. The second kappa shape index (κ2) is 11.4. The Kier molecular flexibility index (Phi) is 8.89. The summed E-state index contributed by atoms with van der Waals surface area (Å²) in [5, 5.41) is 2.71. The van der Waals surface area contributed by atoms with Gasteiger partial charge in [-0.2, -0.15) is 0 Å². The molecule has 6 nitrogen and oxygen atoms in total. The van der Waals surface area contributed by atoms with Crippen LogP contribution in [0.2, 0.25) is 0 Å². The van der Waals surface area contributed by atoms with Gasteiger partial charge in [0.15, 0.2) is 0 Å². The average Bonchev–Trinajstić information content (AvgIpc) is 2.73. The van der Waals surface area contributed by atoms with E-state index in [-0.39, 0.29) is 10.8 Å². The number of benzene rings is 2. The summed E-state index contributed by atoms with van der Waals surface area (Å²) in [6.45, 7) is 2.54. The molecule has 2 rings (SSSR count). The Labute approximate surface area is 173 Å². The van der Waals surface area contributed by atoms with Crippen molar-refractivity contribution in [1.82, 2.24) is 4.72 Å². The zero-order valence-corrected chi connectivity index (χ0v) is 17.7. The third kappa shape index (κ3) is 7.71. The second-order valence-corrected chi connectivity index (χ2v) is 8.35. The lowest BCUT2D eigenvalue weighted by Gasteiger charge is -2.08. The van der Waals surface area contributed by atoms with Crippen LogP contribution in [0.4, 0.5) is 5.69 Å². The highest BCUT2D eigenvalue weighted by Crippen LogP contribution is 2.15. The van der Waals surface area contributed by atoms with Crippen molar-refractivity contribution < 1.29 is 17.9 Å². The number of carbonyl (C=O) groups excluding carboxylic acids is 1. The molecule has 29 heavy (non-hydrogen) atoms. The molecule has 0 bridgehead atoms. The number of nitrogens with one attached hydrogen (secondary N) is 2. The Morgan fingerprint density at radius 3 is 2.31 bits per heavy atom. The summed E-state index contributed by atoms with van der Waals surface area (Å²) in [6.07, 6.45) is 7.15. The van der Waals surface area contributed by atoms with Crippen molar-refractivity contribution in [1.29, 1.82) is 0 Å². The molecule has 0 heterocycles. The molecule has 0 atom stereocenters. The Bertz CT molecular complexity index is 905. The fraction of sp³-hybridized carbons (Fsp3) is 0.318. The molecule has 0 aliphatic rings. The monoisotopic (exact) mass is 416 g/mol. The first-order chi connectivity index (χ1) is 13.9. The quantitative estimate of drug-likeness (QED) is 0.425. The third-order valence-electron chi connectivity index (χ3n) is 4.30. The number of rotatable bonds is 11. The van der Waals surface area contributed by atoms with Crippen LogP contribution >= 0.6 is 0 Å². The maximum atomic E-state index is 12.3. The lowest BCUT2D eigenvalue weighted by atomic mass is 10.2. The van der Waals surface area contributed by atoms with Crippen molar-refractivity contribution in [2.24, 2.45) is 0 Å². The van der Waals surface area contributed by atoms with Crippen LogP contribution in [-0.4, -0.2) is 28.0 Å². The van der Waals surface area contributed by atoms with Crippen LogP contribution in [0, 0.1) is 0 Å². The Hall–Kier alpha value is -2.64. The molecular formula is C22H28N2O4S. The van der Waals surface area contributed by atoms with E-state index in [4.69, 9.17) is 4.74 Å². The van der Waals surface area contributed by atoms with Gasteiger partial charge in [-0.05, 0) is 54.5 Å². The molecule has 0 fully saturated rings. The van der Waals surface area contributed by atoms with Crippen molar-refractivity contribution in [3.05, 3.63) is 60.2 Å². The Balaban J connectivity index is 1.88. The molecule has 0 radical (unpaired) electrons. The first kappa shape index (κ1) is 22.6. The van der Waals surface area contributed by atoms with Gasteiger partial charge in [-0.25, -0.2) is 13.1 Å². The predicted molar refractivity (Wildman–Crippen MR) is 116 cm³/mol. The molecule has 0 saturated carbocycles. The molecule has 0 aromatic heterocycles. The van der Waals surface area contributed by atoms with Gasteiger partial charge in [0, 0.05) is 18.3 Å². The van der Waals surface area contributed by atoms with Crippen LogP contribution in [0.3, 0.4) is 0 Å². The van der Waals surface area contributed by atoms with E-state index in [0.29, 0.717) is 12.2 Å². The van der Waals surface area contributed by atoms with E-state index in [2.05, 4.69) is 17.0 Å². The van der Waals surface area contributed by atoms with E-state index in [1.807, 2.05) is 24.3 Å². The van der Waals surface area contributed by atoms with E-state index < -0.39 is 10.0 Å². The van der Waals surface area contributed by atoms with Gasteiger partial charge in [0.25, 0.3) is 0 Å². The molecule has 156 valence electrons. The summed E-state index contributed by atoms with van der Waals surface area (Å²) in [7, 11) is -1.94. The fourth-order valence-electron chi connectivity index (χ4n) is 2.63. The molecule has 2 aromatic carbocycles. The zero-order chi connectivity index (χ0) is 21.1. The number of methoxy groups -OCH3 is 1. The van der Waals surface area contributed by atoms with E-state index in [0.717, 1.165) is 37.0 Å². The smallest absolute Gasteiger partial charge is 0.248 e. The molecule has 2 N–H and O–H groups in total. The van der Waals surface area contributed by atoms with Gasteiger partial charge in [0.05, 0.1) is 12.0 Å². The molecule has 0 aliphatic carbocycles. The SMILES string of the molecule is CCCCCCNS(=O)(=O)c1ccc(NC(=O)/C=C/c2ccc(OC)cc2)cc1. The number of ether oxygens (including phenoxy) is 1. The lowest BCUT2D eigenvalue weighted by Crippen LogP contribution is -2.24. The molecule has 0 unspecified atom stereocenters. The summed E-state index contributed by atoms with van der Waals surface area (Å²) in [6, 6.07) is 13.4. The maximum absolute atomic E-state index is 12.3. The Morgan fingerprint density at radius 2 is 1.69 bits per heavy atom. The van der Waals surface area contributed by atoms with Gasteiger partial charge in [0.2, 0.25) is 15.9 Å². The largest absolute Gasteiger partial charge is 0.497 e. The van der Waals surface area contributed by atoms with Crippen molar-refractivity contribution in [3.63, 3.8) is 0 Å². The third-order valence-corrected chi connectivity index (χ3v) is 5.77. The van der Waals surface area contributed by atoms with Gasteiger partial charge >= 0.3 is 0 Å². The molecular weight excluding hydrogens is 388 g/mol. The van der Waals surface area contributed by atoms with Crippen LogP contribution in [0.5, 0.6) is 5.75 Å². The fourth-order valence-corrected chi connectivity index (χ4v) is 3.70. The molecule has 0 spiro atoms. The molecule has 0 aliphatic heterocycles. The van der Waals surface area contributed by atoms with Gasteiger partial charge < -0.3 is 10.1 Å². The first-order valence-corrected chi connectivity index (χ1v) is 11.2. The van der Waals surface area contributed by atoms with Crippen molar-refractivity contribution in [3.8, 4) is 5.75 Å². The minimum atomic E-state index is -3.53. The van der Waals surface area contributed by atoms with E-state index in [9.17, 15) is 13.2 Å². The van der Waals surface area contributed by atoms with Crippen molar-refractivity contribution >= 4 is 27.7 Å². The van der Waals surface area contributed by atoms with Crippen molar-refractivity contribution in [2.75, 3.05) is 19.0 Å². The second-order valence-electron chi connectivity index (χ2n) is 6.58. The molecule has 2 aromatic rings. The lowest BCUT2D eigenvalue weighted by molar-refractivity contribution is -0.111. The zero-order valence-electron chi connectivity index (χ0n) is 16.9. The van der Waals surface area contributed by atoms with Crippen molar-refractivity contribution in [2.45, 2.75) is 37.5 Å².